The summed E-state index contributed by atoms with van der Waals surface area (Å²) >= 11 is 6.35. The van der Waals surface area contributed by atoms with E-state index < -0.39 is 17.6 Å². The van der Waals surface area contributed by atoms with Crippen LogP contribution in [0.5, 0.6) is 11.5 Å². The fraction of sp³-hybridized carbons (Fsp3) is 0.278. The minimum Gasteiger partial charge on any atom is -0.507 e. The number of ketones is 3. The Hall–Kier alpha value is -2.40. The van der Waals surface area contributed by atoms with E-state index >= 15 is 0 Å². The van der Waals surface area contributed by atoms with Crippen LogP contribution >= 0.6 is 11.6 Å². The van der Waals surface area contributed by atoms with Crippen LogP contribution in [0.4, 0.5) is 0 Å². The Morgan fingerprint density at radius 1 is 1.00 bits per heavy atom. The molecule has 5 nitrogen and oxygen atoms in total. The lowest BCUT2D eigenvalue weighted by molar-refractivity contribution is -0.121. The lowest BCUT2D eigenvalue weighted by Crippen LogP contribution is -2.41. The van der Waals surface area contributed by atoms with E-state index in [9.17, 15) is 24.6 Å². The van der Waals surface area contributed by atoms with Gasteiger partial charge in [0.05, 0.1) is 21.5 Å². The standard InChI is InChI=1S/C18H13ClO5/c19-15-9-2-1-3-11(21)12(9)18(24)14-13(15)17(23)10-6-7(20)4-5-8(10)16(14)22/h1-3,8,10,21,24H,4-6H2. The summed E-state index contributed by atoms with van der Waals surface area (Å²) in [6, 6.07) is 4.48. The smallest absolute Gasteiger partial charge is 0.171 e. The van der Waals surface area contributed by atoms with Crippen LogP contribution in [0.15, 0.2) is 18.2 Å². The van der Waals surface area contributed by atoms with Crippen LogP contribution in [0, 0.1) is 11.8 Å². The van der Waals surface area contributed by atoms with Gasteiger partial charge in [-0.1, -0.05) is 23.7 Å². The van der Waals surface area contributed by atoms with Gasteiger partial charge in [-0.2, -0.15) is 0 Å². The summed E-state index contributed by atoms with van der Waals surface area (Å²) in [6.45, 7) is 0. The monoisotopic (exact) mass is 344 g/mol. The van der Waals surface area contributed by atoms with Crippen LogP contribution in [0.2, 0.25) is 5.02 Å². The molecular formula is C18H13ClO5. The first-order valence-corrected chi connectivity index (χ1v) is 8.05. The van der Waals surface area contributed by atoms with E-state index in [-0.39, 0.29) is 57.5 Å². The van der Waals surface area contributed by atoms with E-state index in [1.165, 1.54) is 12.1 Å². The maximum absolute atomic E-state index is 12.9. The second-order valence-corrected chi connectivity index (χ2v) is 6.71. The molecule has 0 amide bonds. The number of benzene rings is 2. The van der Waals surface area contributed by atoms with E-state index in [0.29, 0.717) is 11.8 Å². The molecule has 2 aromatic rings. The zero-order chi connectivity index (χ0) is 17.2. The van der Waals surface area contributed by atoms with Crippen LogP contribution in [-0.4, -0.2) is 27.6 Å². The van der Waals surface area contributed by atoms with Crippen molar-refractivity contribution in [2.45, 2.75) is 19.3 Å². The second-order valence-electron chi connectivity index (χ2n) is 6.34. The summed E-state index contributed by atoms with van der Waals surface area (Å²) in [4.78, 5) is 37.5. The molecule has 24 heavy (non-hydrogen) atoms. The number of hydrogen-bond acceptors (Lipinski definition) is 5. The normalized spacial score (nSPS) is 23.3. The summed E-state index contributed by atoms with van der Waals surface area (Å²) in [5, 5.41) is 21.0. The quantitative estimate of drug-likeness (QED) is 0.765. The Balaban J connectivity index is 2.07. The van der Waals surface area contributed by atoms with Gasteiger partial charge in [-0.15, -0.1) is 0 Å². The molecule has 2 unspecified atom stereocenters. The highest BCUT2D eigenvalue weighted by Crippen LogP contribution is 2.48. The Bertz CT molecular complexity index is 946. The number of phenols is 2. The molecule has 0 bridgehead atoms. The predicted octanol–water partition coefficient (Wildman–Crippen LogP) is 3.27. The lowest BCUT2D eigenvalue weighted by atomic mass is 9.66. The molecule has 2 atom stereocenters. The van der Waals surface area contributed by atoms with Crippen LogP contribution in [0.3, 0.4) is 0 Å². The van der Waals surface area contributed by atoms with Crippen LogP contribution in [0.25, 0.3) is 10.8 Å². The van der Waals surface area contributed by atoms with E-state index in [1.54, 1.807) is 6.07 Å². The average molecular weight is 345 g/mol. The molecule has 2 aromatic carbocycles. The Labute approximate surface area is 141 Å². The van der Waals surface area contributed by atoms with E-state index in [1.807, 2.05) is 0 Å². The number of phenolic OH excluding ortho intramolecular Hbond substituents is 2. The third-order valence-electron chi connectivity index (χ3n) is 5.06. The highest BCUT2D eigenvalue weighted by Gasteiger charge is 2.47. The molecule has 122 valence electrons. The molecule has 1 fully saturated rings. The fourth-order valence-corrected chi connectivity index (χ4v) is 4.24. The number of rotatable bonds is 0. The zero-order valence-corrected chi connectivity index (χ0v) is 13.3. The average Bonchev–Trinajstić information content (AvgIpc) is 2.55. The van der Waals surface area contributed by atoms with Gasteiger partial charge in [0.2, 0.25) is 0 Å². The third kappa shape index (κ3) is 1.85. The number of Topliss-reactive ketones (excluding diaryl/α,β-unsaturated/α-hetero) is 3. The highest BCUT2D eigenvalue weighted by atomic mass is 35.5. The van der Waals surface area contributed by atoms with Crippen LogP contribution in [0.1, 0.15) is 40.0 Å². The third-order valence-corrected chi connectivity index (χ3v) is 5.45. The second kappa shape index (κ2) is 5.05. The summed E-state index contributed by atoms with van der Waals surface area (Å²) in [7, 11) is 0. The summed E-state index contributed by atoms with van der Waals surface area (Å²) in [5.41, 5.74) is -0.164. The van der Waals surface area contributed by atoms with Crippen molar-refractivity contribution in [1.82, 2.24) is 0 Å². The molecule has 0 aromatic heterocycles. The topological polar surface area (TPSA) is 91.7 Å². The van der Waals surface area contributed by atoms with Gasteiger partial charge in [0, 0.05) is 30.1 Å². The van der Waals surface area contributed by atoms with E-state index in [2.05, 4.69) is 0 Å². The maximum atomic E-state index is 12.9. The zero-order valence-electron chi connectivity index (χ0n) is 12.5. The van der Waals surface area contributed by atoms with Crippen molar-refractivity contribution in [2.75, 3.05) is 0 Å². The summed E-state index contributed by atoms with van der Waals surface area (Å²) < 4.78 is 0. The first-order valence-electron chi connectivity index (χ1n) is 7.68. The molecule has 6 heteroatoms. The van der Waals surface area contributed by atoms with Gasteiger partial charge in [-0.3, -0.25) is 14.4 Å². The number of hydrogen-bond donors (Lipinski definition) is 2. The van der Waals surface area contributed by atoms with Gasteiger partial charge in [0.15, 0.2) is 11.6 Å². The first-order chi connectivity index (χ1) is 11.4. The van der Waals surface area contributed by atoms with Crippen LogP contribution < -0.4 is 0 Å². The Kier molecular flexibility index (Phi) is 3.18. The van der Waals surface area contributed by atoms with Crippen molar-refractivity contribution in [3.05, 3.63) is 34.3 Å². The predicted molar refractivity (Wildman–Crippen MR) is 86.8 cm³/mol. The number of halogens is 1. The van der Waals surface area contributed by atoms with Crippen LogP contribution in [-0.2, 0) is 4.79 Å². The van der Waals surface area contributed by atoms with Gasteiger partial charge in [-0.05, 0) is 12.5 Å². The molecule has 0 heterocycles. The van der Waals surface area contributed by atoms with Gasteiger partial charge >= 0.3 is 0 Å². The van der Waals surface area contributed by atoms with Crippen molar-refractivity contribution in [3.63, 3.8) is 0 Å². The Morgan fingerprint density at radius 2 is 1.71 bits per heavy atom. The minimum atomic E-state index is -0.710. The minimum absolute atomic E-state index is 0.0310. The lowest BCUT2D eigenvalue weighted by Gasteiger charge is -2.34. The molecule has 2 aliphatic carbocycles. The first kappa shape index (κ1) is 15.1. The Morgan fingerprint density at radius 3 is 2.46 bits per heavy atom. The van der Waals surface area contributed by atoms with Gasteiger partial charge in [0.1, 0.15) is 17.3 Å². The maximum Gasteiger partial charge on any atom is 0.171 e. The SMILES string of the molecule is O=C1CCC2C(=O)c3c(c(Cl)c4cccc(O)c4c3O)C(=O)C2C1. The van der Waals surface area contributed by atoms with Crippen molar-refractivity contribution >= 4 is 39.7 Å². The number of carbonyl (C=O) groups excluding carboxylic acids is 3. The van der Waals surface area contributed by atoms with Crippen molar-refractivity contribution in [3.8, 4) is 11.5 Å². The molecule has 0 saturated heterocycles. The molecule has 4 rings (SSSR count). The number of aromatic hydroxyl groups is 2. The molecule has 0 aliphatic heterocycles. The van der Waals surface area contributed by atoms with E-state index in [0.717, 1.165) is 0 Å². The largest absolute Gasteiger partial charge is 0.507 e. The van der Waals surface area contributed by atoms with Crippen molar-refractivity contribution < 1.29 is 24.6 Å². The molecule has 0 spiro atoms. The fourth-order valence-electron chi connectivity index (χ4n) is 3.90. The van der Waals surface area contributed by atoms with Gasteiger partial charge in [-0.25, -0.2) is 0 Å². The summed E-state index contributed by atoms with van der Waals surface area (Å²) in [5.74, 6) is -2.77. The molecular weight excluding hydrogens is 332 g/mol. The molecule has 2 aliphatic rings. The summed E-state index contributed by atoms with van der Waals surface area (Å²) in [6.07, 6.45) is 0.579. The van der Waals surface area contributed by atoms with E-state index in [4.69, 9.17) is 11.6 Å². The van der Waals surface area contributed by atoms with Crippen molar-refractivity contribution in [1.29, 1.82) is 0 Å². The van der Waals surface area contributed by atoms with Crippen molar-refractivity contribution in [2.24, 2.45) is 11.8 Å². The van der Waals surface area contributed by atoms with Gasteiger partial charge in [0.25, 0.3) is 0 Å². The number of carbonyl (C=O) groups is 3. The molecule has 0 radical (unpaired) electrons. The van der Waals surface area contributed by atoms with Gasteiger partial charge < -0.3 is 10.2 Å². The molecule has 1 saturated carbocycles. The molecule has 2 N–H and O–H groups in total. The highest BCUT2D eigenvalue weighted by molar-refractivity contribution is 6.41. The number of fused-ring (bicyclic) bond motifs is 3.